The molecule has 1 amide bonds. The van der Waals surface area contributed by atoms with Gasteiger partial charge in [0.15, 0.2) is 0 Å². The SMILES string of the molecule is CC(C)C(N)CCN(C)C(=O)c1ccc(Cl)cc1.Cl. The van der Waals surface area contributed by atoms with Crippen LogP contribution in [0.4, 0.5) is 0 Å². The molecule has 0 aliphatic carbocycles. The number of benzene rings is 1. The molecular weight excluding hydrogens is 283 g/mol. The summed E-state index contributed by atoms with van der Waals surface area (Å²) in [5.41, 5.74) is 6.62. The van der Waals surface area contributed by atoms with Gasteiger partial charge in [-0.3, -0.25) is 4.79 Å². The van der Waals surface area contributed by atoms with E-state index in [-0.39, 0.29) is 24.4 Å². The zero-order valence-corrected chi connectivity index (χ0v) is 13.2. The summed E-state index contributed by atoms with van der Waals surface area (Å²) < 4.78 is 0. The van der Waals surface area contributed by atoms with E-state index in [4.69, 9.17) is 17.3 Å². The van der Waals surface area contributed by atoms with Crippen molar-refractivity contribution in [1.29, 1.82) is 0 Å². The van der Waals surface area contributed by atoms with E-state index >= 15 is 0 Å². The van der Waals surface area contributed by atoms with Crippen LogP contribution < -0.4 is 5.73 Å². The lowest BCUT2D eigenvalue weighted by Gasteiger charge is -2.21. The highest BCUT2D eigenvalue weighted by molar-refractivity contribution is 6.30. The summed E-state index contributed by atoms with van der Waals surface area (Å²) in [5, 5.41) is 0.635. The summed E-state index contributed by atoms with van der Waals surface area (Å²) in [6.45, 7) is 4.85. The first-order valence-electron chi connectivity index (χ1n) is 6.18. The van der Waals surface area contributed by atoms with Gasteiger partial charge in [-0.2, -0.15) is 0 Å². The Kier molecular flexibility index (Phi) is 8.07. The van der Waals surface area contributed by atoms with Crippen molar-refractivity contribution < 1.29 is 4.79 Å². The molecule has 0 aliphatic rings. The molecule has 0 aliphatic heterocycles. The fourth-order valence-corrected chi connectivity index (χ4v) is 1.72. The van der Waals surface area contributed by atoms with E-state index in [1.54, 1.807) is 36.2 Å². The summed E-state index contributed by atoms with van der Waals surface area (Å²) in [6.07, 6.45) is 0.813. The van der Waals surface area contributed by atoms with Crippen LogP contribution in [0.25, 0.3) is 0 Å². The van der Waals surface area contributed by atoms with Gasteiger partial charge in [0.25, 0.3) is 5.91 Å². The lowest BCUT2D eigenvalue weighted by molar-refractivity contribution is 0.0789. The number of hydrogen-bond donors (Lipinski definition) is 1. The summed E-state index contributed by atoms with van der Waals surface area (Å²) in [4.78, 5) is 13.8. The molecule has 0 saturated heterocycles. The molecule has 19 heavy (non-hydrogen) atoms. The number of halogens is 2. The van der Waals surface area contributed by atoms with Crippen LogP contribution in [0.3, 0.4) is 0 Å². The number of carbonyl (C=O) groups is 1. The molecule has 0 saturated carbocycles. The van der Waals surface area contributed by atoms with Crippen molar-refractivity contribution in [2.45, 2.75) is 26.3 Å². The monoisotopic (exact) mass is 304 g/mol. The Hall–Kier alpha value is -0.770. The lowest BCUT2D eigenvalue weighted by Crippen LogP contribution is -2.34. The van der Waals surface area contributed by atoms with Gasteiger partial charge in [-0.15, -0.1) is 12.4 Å². The van der Waals surface area contributed by atoms with Gasteiger partial charge in [-0.1, -0.05) is 25.4 Å². The normalized spacial score (nSPS) is 11.9. The molecule has 0 heterocycles. The summed E-state index contributed by atoms with van der Waals surface area (Å²) in [7, 11) is 1.80. The zero-order chi connectivity index (χ0) is 13.7. The van der Waals surface area contributed by atoms with Gasteiger partial charge in [0.05, 0.1) is 0 Å². The minimum Gasteiger partial charge on any atom is -0.342 e. The summed E-state index contributed by atoms with van der Waals surface area (Å²) in [6, 6.07) is 7.06. The van der Waals surface area contributed by atoms with Crippen LogP contribution in [0.15, 0.2) is 24.3 Å². The average Bonchev–Trinajstić information content (AvgIpc) is 2.35. The predicted octanol–water partition coefficient (Wildman–Crippen LogP) is 3.21. The van der Waals surface area contributed by atoms with Crippen LogP contribution in [0.2, 0.25) is 5.02 Å². The van der Waals surface area contributed by atoms with Gasteiger partial charge in [0.1, 0.15) is 0 Å². The third kappa shape index (κ3) is 5.81. The number of nitrogens with two attached hydrogens (primary N) is 1. The fourth-order valence-electron chi connectivity index (χ4n) is 1.59. The first-order chi connectivity index (χ1) is 8.41. The molecule has 0 fully saturated rings. The first kappa shape index (κ1) is 18.2. The van der Waals surface area contributed by atoms with Crippen molar-refractivity contribution in [2.24, 2.45) is 11.7 Å². The number of amides is 1. The maximum absolute atomic E-state index is 12.1. The number of rotatable bonds is 5. The standard InChI is InChI=1S/C14H21ClN2O.ClH/c1-10(2)13(16)8-9-17(3)14(18)11-4-6-12(15)7-5-11;/h4-7,10,13H,8-9,16H2,1-3H3;1H. The second-order valence-corrected chi connectivity index (χ2v) is 5.37. The second-order valence-electron chi connectivity index (χ2n) is 4.93. The van der Waals surface area contributed by atoms with E-state index in [0.29, 0.717) is 23.0 Å². The molecule has 1 unspecified atom stereocenters. The van der Waals surface area contributed by atoms with E-state index in [9.17, 15) is 4.79 Å². The minimum atomic E-state index is 0. The first-order valence-corrected chi connectivity index (χ1v) is 6.56. The van der Waals surface area contributed by atoms with E-state index in [0.717, 1.165) is 6.42 Å². The smallest absolute Gasteiger partial charge is 0.253 e. The van der Waals surface area contributed by atoms with Crippen molar-refractivity contribution >= 4 is 29.9 Å². The van der Waals surface area contributed by atoms with Crippen LogP contribution in [0.1, 0.15) is 30.6 Å². The van der Waals surface area contributed by atoms with Gasteiger partial charge in [-0.05, 0) is 36.6 Å². The molecule has 1 aromatic rings. The highest BCUT2D eigenvalue weighted by atomic mass is 35.5. The highest BCUT2D eigenvalue weighted by Crippen LogP contribution is 2.12. The van der Waals surface area contributed by atoms with Crippen LogP contribution in [-0.2, 0) is 0 Å². The zero-order valence-electron chi connectivity index (χ0n) is 11.6. The van der Waals surface area contributed by atoms with E-state index < -0.39 is 0 Å². The van der Waals surface area contributed by atoms with Crippen molar-refractivity contribution in [3.8, 4) is 0 Å². The van der Waals surface area contributed by atoms with Crippen molar-refractivity contribution in [3.05, 3.63) is 34.9 Å². The highest BCUT2D eigenvalue weighted by Gasteiger charge is 2.14. The quantitative estimate of drug-likeness (QED) is 0.908. The van der Waals surface area contributed by atoms with Crippen molar-refractivity contribution in [2.75, 3.05) is 13.6 Å². The van der Waals surface area contributed by atoms with Gasteiger partial charge in [-0.25, -0.2) is 0 Å². The van der Waals surface area contributed by atoms with Crippen LogP contribution in [0, 0.1) is 5.92 Å². The van der Waals surface area contributed by atoms with Gasteiger partial charge < -0.3 is 10.6 Å². The molecule has 2 N–H and O–H groups in total. The molecule has 1 aromatic carbocycles. The lowest BCUT2D eigenvalue weighted by atomic mass is 10.0. The third-order valence-corrected chi connectivity index (χ3v) is 3.34. The van der Waals surface area contributed by atoms with Crippen LogP contribution in [-0.4, -0.2) is 30.4 Å². The second kappa shape index (κ2) is 8.41. The third-order valence-electron chi connectivity index (χ3n) is 3.09. The molecule has 0 bridgehead atoms. The fraction of sp³-hybridized carbons (Fsp3) is 0.500. The van der Waals surface area contributed by atoms with E-state index in [2.05, 4.69) is 13.8 Å². The van der Waals surface area contributed by atoms with Gasteiger partial charge >= 0.3 is 0 Å². The molecule has 1 rings (SSSR count). The molecule has 0 radical (unpaired) electrons. The Morgan fingerprint density at radius 3 is 2.32 bits per heavy atom. The Balaban J connectivity index is 0.00000324. The summed E-state index contributed by atoms with van der Waals surface area (Å²) in [5.74, 6) is 0.437. The van der Waals surface area contributed by atoms with E-state index in [1.165, 1.54) is 0 Å². The largest absolute Gasteiger partial charge is 0.342 e. The van der Waals surface area contributed by atoms with Crippen molar-refractivity contribution in [3.63, 3.8) is 0 Å². The maximum Gasteiger partial charge on any atom is 0.253 e. The molecule has 3 nitrogen and oxygen atoms in total. The molecule has 5 heteroatoms. The molecular formula is C14H22Cl2N2O. The summed E-state index contributed by atoms with van der Waals surface area (Å²) >= 11 is 5.79. The van der Waals surface area contributed by atoms with Gasteiger partial charge in [0.2, 0.25) is 0 Å². The minimum absolute atomic E-state index is 0. The van der Waals surface area contributed by atoms with Gasteiger partial charge in [0, 0.05) is 30.2 Å². The molecule has 1 atom stereocenters. The Morgan fingerprint density at radius 1 is 1.32 bits per heavy atom. The molecule has 0 aromatic heterocycles. The molecule has 108 valence electrons. The van der Waals surface area contributed by atoms with E-state index in [1.807, 2.05) is 0 Å². The predicted molar refractivity (Wildman–Crippen MR) is 83.1 cm³/mol. The number of nitrogens with zero attached hydrogens (tertiary/aromatic N) is 1. The average molecular weight is 305 g/mol. The van der Waals surface area contributed by atoms with Crippen LogP contribution >= 0.6 is 24.0 Å². The Bertz CT molecular complexity index is 393. The Labute approximate surface area is 126 Å². The Morgan fingerprint density at radius 2 is 1.84 bits per heavy atom. The number of carbonyl (C=O) groups excluding carboxylic acids is 1. The van der Waals surface area contributed by atoms with Crippen LogP contribution in [0.5, 0.6) is 0 Å². The molecule has 0 spiro atoms. The maximum atomic E-state index is 12.1. The topological polar surface area (TPSA) is 46.3 Å². The van der Waals surface area contributed by atoms with Crippen molar-refractivity contribution in [1.82, 2.24) is 4.90 Å². The number of hydrogen-bond acceptors (Lipinski definition) is 2.